The number of nitrogens with one attached hydrogen (secondary N) is 2. The summed E-state index contributed by atoms with van der Waals surface area (Å²) in [4.78, 5) is 35.7. The first-order chi connectivity index (χ1) is 12.0. The van der Waals surface area contributed by atoms with Gasteiger partial charge in [0, 0.05) is 23.7 Å². The molecule has 3 rings (SSSR count). The number of anilines is 1. The van der Waals surface area contributed by atoms with Crippen LogP contribution in [0.25, 0.3) is 0 Å². The fourth-order valence-electron chi connectivity index (χ4n) is 2.95. The molecule has 128 valence electrons. The maximum atomic E-state index is 12.2. The molecule has 1 heterocycles. The number of Topliss-reactive ketones (excluding diaryl/α,β-unsaturated/α-hetero) is 1. The van der Waals surface area contributed by atoms with Gasteiger partial charge in [0.25, 0.3) is 0 Å². The molecule has 5 heteroatoms. The first-order valence-corrected chi connectivity index (χ1v) is 8.30. The van der Waals surface area contributed by atoms with Gasteiger partial charge in [-0.1, -0.05) is 42.5 Å². The van der Waals surface area contributed by atoms with Crippen molar-refractivity contribution in [1.29, 1.82) is 0 Å². The minimum Gasteiger partial charge on any atom is -0.353 e. The average molecular weight is 336 g/mol. The second-order valence-corrected chi connectivity index (χ2v) is 6.36. The van der Waals surface area contributed by atoms with E-state index < -0.39 is 0 Å². The van der Waals surface area contributed by atoms with Crippen molar-refractivity contribution in [3.05, 3.63) is 65.2 Å². The summed E-state index contributed by atoms with van der Waals surface area (Å²) in [6, 6.07) is 14.4. The molecular formula is C20H20N2O3. The lowest BCUT2D eigenvalue weighted by Gasteiger charge is -2.13. The first kappa shape index (κ1) is 16.9. The van der Waals surface area contributed by atoms with Crippen LogP contribution in [0.2, 0.25) is 0 Å². The van der Waals surface area contributed by atoms with Crippen molar-refractivity contribution in [2.24, 2.45) is 0 Å². The van der Waals surface area contributed by atoms with E-state index in [1.165, 1.54) is 0 Å². The van der Waals surface area contributed by atoms with Crippen LogP contribution < -0.4 is 10.6 Å². The predicted molar refractivity (Wildman–Crippen MR) is 95.5 cm³/mol. The van der Waals surface area contributed by atoms with E-state index in [1.807, 2.05) is 43.3 Å². The zero-order valence-corrected chi connectivity index (χ0v) is 14.0. The molecule has 1 aliphatic rings. The van der Waals surface area contributed by atoms with Gasteiger partial charge in [-0.15, -0.1) is 0 Å². The third-order valence-electron chi connectivity index (χ3n) is 4.16. The SMILES string of the molecule is C[C@H](CC(=O)c1ccccc1)NC(=O)Cc1ccc2c(c1)NC(=O)C2. The van der Waals surface area contributed by atoms with Crippen molar-refractivity contribution in [3.63, 3.8) is 0 Å². The molecule has 0 unspecified atom stereocenters. The van der Waals surface area contributed by atoms with Crippen molar-refractivity contribution in [2.75, 3.05) is 5.32 Å². The maximum Gasteiger partial charge on any atom is 0.228 e. The molecule has 5 nitrogen and oxygen atoms in total. The van der Waals surface area contributed by atoms with Crippen molar-refractivity contribution < 1.29 is 14.4 Å². The van der Waals surface area contributed by atoms with E-state index in [4.69, 9.17) is 0 Å². The van der Waals surface area contributed by atoms with Crippen molar-refractivity contribution in [2.45, 2.75) is 32.2 Å². The summed E-state index contributed by atoms with van der Waals surface area (Å²) in [5.41, 5.74) is 3.22. The highest BCUT2D eigenvalue weighted by molar-refractivity contribution is 5.99. The van der Waals surface area contributed by atoms with E-state index in [0.29, 0.717) is 12.0 Å². The van der Waals surface area contributed by atoms with Gasteiger partial charge < -0.3 is 10.6 Å². The van der Waals surface area contributed by atoms with E-state index in [2.05, 4.69) is 10.6 Å². The number of benzene rings is 2. The van der Waals surface area contributed by atoms with Crippen LogP contribution in [0.1, 0.15) is 34.8 Å². The highest BCUT2D eigenvalue weighted by atomic mass is 16.2. The van der Waals surface area contributed by atoms with E-state index in [-0.39, 0.29) is 36.5 Å². The number of hydrogen-bond donors (Lipinski definition) is 2. The Morgan fingerprint density at radius 1 is 1.16 bits per heavy atom. The monoisotopic (exact) mass is 336 g/mol. The van der Waals surface area contributed by atoms with E-state index in [0.717, 1.165) is 16.8 Å². The Kier molecular flexibility index (Phi) is 4.93. The Hall–Kier alpha value is -2.95. The van der Waals surface area contributed by atoms with Crippen LogP contribution in [0, 0.1) is 0 Å². The second kappa shape index (κ2) is 7.30. The Morgan fingerprint density at radius 3 is 2.68 bits per heavy atom. The van der Waals surface area contributed by atoms with Gasteiger partial charge in [-0.3, -0.25) is 14.4 Å². The molecule has 0 aromatic heterocycles. The lowest BCUT2D eigenvalue weighted by molar-refractivity contribution is -0.121. The van der Waals surface area contributed by atoms with Gasteiger partial charge in [0.1, 0.15) is 0 Å². The lowest BCUT2D eigenvalue weighted by atomic mass is 10.0. The second-order valence-electron chi connectivity index (χ2n) is 6.36. The summed E-state index contributed by atoms with van der Waals surface area (Å²) >= 11 is 0. The van der Waals surface area contributed by atoms with Crippen molar-refractivity contribution in [1.82, 2.24) is 5.32 Å². The summed E-state index contributed by atoms with van der Waals surface area (Å²) in [6.45, 7) is 1.82. The summed E-state index contributed by atoms with van der Waals surface area (Å²) in [5.74, 6) is -0.157. The molecular weight excluding hydrogens is 316 g/mol. The zero-order valence-electron chi connectivity index (χ0n) is 14.0. The molecule has 0 saturated carbocycles. The molecule has 25 heavy (non-hydrogen) atoms. The van der Waals surface area contributed by atoms with Gasteiger partial charge in [0.05, 0.1) is 12.8 Å². The third kappa shape index (κ3) is 4.32. The topological polar surface area (TPSA) is 75.3 Å². The number of fused-ring (bicyclic) bond motifs is 1. The molecule has 2 aromatic carbocycles. The predicted octanol–water partition coefficient (Wildman–Crippen LogP) is 2.50. The molecule has 0 bridgehead atoms. The molecule has 2 N–H and O–H groups in total. The Labute approximate surface area is 146 Å². The number of carbonyl (C=O) groups excluding carboxylic acids is 3. The van der Waals surface area contributed by atoms with E-state index >= 15 is 0 Å². The molecule has 0 spiro atoms. The average Bonchev–Trinajstić information content (AvgIpc) is 2.94. The van der Waals surface area contributed by atoms with Crippen LogP contribution in [0.4, 0.5) is 5.69 Å². The summed E-state index contributed by atoms with van der Waals surface area (Å²) in [5, 5.41) is 5.64. The molecule has 0 fully saturated rings. The highest BCUT2D eigenvalue weighted by Gasteiger charge is 2.18. The smallest absolute Gasteiger partial charge is 0.228 e. The molecule has 0 aliphatic carbocycles. The number of hydrogen-bond acceptors (Lipinski definition) is 3. The van der Waals surface area contributed by atoms with Crippen LogP contribution >= 0.6 is 0 Å². The van der Waals surface area contributed by atoms with Crippen molar-refractivity contribution >= 4 is 23.3 Å². The Bertz CT molecular complexity index is 815. The number of ketones is 1. The fraction of sp³-hybridized carbons (Fsp3) is 0.250. The summed E-state index contributed by atoms with van der Waals surface area (Å²) < 4.78 is 0. The van der Waals surface area contributed by atoms with E-state index in [1.54, 1.807) is 12.1 Å². The van der Waals surface area contributed by atoms with Gasteiger partial charge >= 0.3 is 0 Å². The van der Waals surface area contributed by atoms with Crippen LogP contribution in [0.5, 0.6) is 0 Å². The van der Waals surface area contributed by atoms with Crippen LogP contribution in [0.3, 0.4) is 0 Å². The molecule has 2 amide bonds. The quantitative estimate of drug-likeness (QED) is 0.796. The summed E-state index contributed by atoms with van der Waals surface area (Å²) in [7, 11) is 0. The number of carbonyl (C=O) groups is 3. The van der Waals surface area contributed by atoms with Crippen LogP contribution in [-0.2, 0) is 22.4 Å². The molecule has 0 saturated heterocycles. The van der Waals surface area contributed by atoms with Gasteiger partial charge in [0.15, 0.2) is 5.78 Å². The molecule has 2 aromatic rings. The molecule has 0 radical (unpaired) electrons. The van der Waals surface area contributed by atoms with Gasteiger partial charge in [-0.2, -0.15) is 0 Å². The highest BCUT2D eigenvalue weighted by Crippen LogP contribution is 2.24. The molecule has 1 aliphatic heterocycles. The largest absolute Gasteiger partial charge is 0.353 e. The minimum atomic E-state index is -0.241. The Balaban J connectivity index is 1.53. The van der Waals surface area contributed by atoms with Gasteiger partial charge in [0.2, 0.25) is 11.8 Å². The van der Waals surface area contributed by atoms with E-state index in [9.17, 15) is 14.4 Å². The van der Waals surface area contributed by atoms with Gasteiger partial charge in [-0.05, 0) is 24.1 Å². The first-order valence-electron chi connectivity index (χ1n) is 8.30. The number of rotatable bonds is 6. The third-order valence-corrected chi connectivity index (χ3v) is 4.16. The van der Waals surface area contributed by atoms with Gasteiger partial charge in [-0.25, -0.2) is 0 Å². The number of amides is 2. The minimum absolute atomic E-state index is 0.00800. The molecule has 1 atom stereocenters. The lowest BCUT2D eigenvalue weighted by Crippen LogP contribution is -2.35. The summed E-state index contributed by atoms with van der Waals surface area (Å²) in [6.07, 6.45) is 0.865. The fourth-order valence-corrected chi connectivity index (χ4v) is 2.95. The maximum absolute atomic E-state index is 12.2. The standard InChI is InChI=1S/C20H20N2O3/c1-13(9-18(23)15-5-3-2-4-6-15)21-19(24)11-14-7-8-16-12-20(25)22-17(16)10-14/h2-8,10,13H,9,11-12H2,1H3,(H,21,24)(H,22,25)/t13-/m1/s1. The Morgan fingerprint density at radius 2 is 1.92 bits per heavy atom. The van der Waals surface area contributed by atoms with Crippen LogP contribution in [0.15, 0.2) is 48.5 Å². The zero-order chi connectivity index (χ0) is 17.8. The van der Waals surface area contributed by atoms with Crippen LogP contribution in [-0.4, -0.2) is 23.6 Å². The normalized spacial score (nSPS) is 13.7. The van der Waals surface area contributed by atoms with Crippen molar-refractivity contribution in [3.8, 4) is 0 Å².